The number of aliphatic hydroxyl groups excluding tert-OH is 1. The van der Waals surface area contributed by atoms with Gasteiger partial charge in [0.1, 0.15) is 0 Å². The van der Waals surface area contributed by atoms with Gasteiger partial charge in [-0.2, -0.15) is 0 Å². The van der Waals surface area contributed by atoms with Crippen LogP contribution in [-0.2, 0) is 0 Å². The maximum atomic E-state index is 11.9. The predicted molar refractivity (Wildman–Crippen MR) is 75.1 cm³/mol. The third-order valence-corrected chi connectivity index (χ3v) is 3.03. The van der Waals surface area contributed by atoms with Gasteiger partial charge in [0, 0.05) is 24.8 Å². The summed E-state index contributed by atoms with van der Waals surface area (Å²) in [6.07, 6.45) is 0.661. The molecule has 1 amide bonds. The SMILES string of the molecule is CC(CCO)CNC(=O)c1cc(-c2ccccc2)on1. The monoisotopic (exact) mass is 274 g/mol. The molecule has 0 spiro atoms. The second-order valence-corrected chi connectivity index (χ2v) is 4.77. The Labute approximate surface area is 117 Å². The molecule has 1 atom stereocenters. The molecule has 0 saturated heterocycles. The van der Waals surface area contributed by atoms with Crippen LogP contribution in [0, 0.1) is 5.92 Å². The maximum absolute atomic E-state index is 11.9. The van der Waals surface area contributed by atoms with Crippen molar-refractivity contribution in [3.05, 3.63) is 42.1 Å². The molecule has 1 aromatic heterocycles. The standard InChI is InChI=1S/C15H18N2O3/c1-11(7-8-18)10-16-15(19)13-9-14(20-17-13)12-5-3-2-4-6-12/h2-6,9,11,18H,7-8,10H2,1H3,(H,16,19). The fourth-order valence-electron chi connectivity index (χ4n) is 1.80. The third kappa shape index (κ3) is 3.68. The zero-order valence-electron chi connectivity index (χ0n) is 11.4. The van der Waals surface area contributed by atoms with Gasteiger partial charge < -0.3 is 14.9 Å². The number of rotatable bonds is 6. The Morgan fingerprint density at radius 2 is 2.15 bits per heavy atom. The van der Waals surface area contributed by atoms with Gasteiger partial charge in [0.25, 0.3) is 5.91 Å². The van der Waals surface area contributed by atoms with E-state index in [0.717, 1.165) is 5.56 Å². The predicted octanol–water partition coefficient (Wildman–Crippen LogP) is 2.09. The first-order valence-electron chi connectivity index (χ1n) is 6.62. The summed E-state index contributed by atoms with van der Waals surface area (Å²) in [7, 11) is 0. The van der Waals surface area contributed by atoms with Crippen LogP contribution in [-0.4, -0.2) is 29.3 Å². The van der Waals surface area contributed by atoms with Gasteiger partial charge in [-0.25, -0.2) is 0 Å². The molecule has 2 rings (SSSR count). The van der Waals surface area contributed by atoms with Gasteiger partial charge in [0.15, 0.2) is 11.5 Å². The molecule has 0 radical (unpaired) electrons. The van der Waals surface area contributed by atoms with E-state index in [1.165, 1.54) is 0 Å². The third-order valence-electron chi connectivity index (χ3n) is 3.03. The number of hydrogen-bond donors (Lipinski definition) is 2. The van der Waals surface area contributed by atoms with Crippen molar-refractivity contribution in [2.45, 2.75) is 13.3 Å². The van der Waals surface area contributed by atoms with E-state index >= 15 is 0 Å². The molecule has 1 unspecified atom stereocenters. The van der Waals surface area contributed by atoms with E-state index in [1.54, 1.807) is 6.07 Å². The van der Waals surface area contributed by atoms with Crippen molar-refractivity contribution in [1.82, 2.24) is 10.5 Å². The lowest BCUT2D eigenvalue weighted by Gasteiger charge is -2.09. The van der Waals surface area contributed by atoms with Gasteiger partial charge in [-0.1, -0.05) is 42.4 Å². The Bertz CT molecular complexity index is 551. The molecule has 0 fully saturated rings. The number of nitrogens with one attached hydrogen (secondary N) is 1. The van der Waals surface area contributed by atoms with E-state index in [-0.39, 0.29) is 24.1 Å². The first-order chi connectivity index (χ1) is 9.70. The number of benzene rings is 1. The lowest BCUT2D eigenvalue weighted by Crippen LogP contribution is -2.28. The molecular formula is C15H18N2O3. The highest BCUT2D eigenvalue weighted by Gasteiger charge is 2.14. The summed E-state index contributed by atoms with van der Waals surface area (Å²) in [6.45, 7) is 2.60. The highest BCUT2D eigenvalue weighted by Crippen LogP contribution is 2.19. The van der Waals surface area contributed by atoms with Gasteiger partial charge in [-0.05, 0) is 12.3 Å². The summed E-state index contributed by atoms with van der Waals surface area (Å²) in [5.74, 6) is 0.532. The summed E-state index contributed by atoms with van der Waals surface area (Å²) >= 11 is 0. The Morgan fingerprint density at radius 1 is 1.40 bits per heavy atom. The quantitative estimate of drug-likeness (QED) is 0.845. The molecule has 0 aliphatic rings. The summed E-state index contributed by atoms with van der Waals surface area (Å²) in [6, 6.07) is 11.1. The van der Waals surface area contributed by atoms with Crippen LogP contribution in [0.3, 0.4) is 0 Å². The van der Waals surface area contributed by atoms with Gasteiger partial charge in [-0.15, -0.1) is 0 Å². The average molecular weight is 274 g/mol. The fourth-order valence-corrected chi connectivity index (χ4v) is 1.80. The molecule has 0 saturated carbocycles. The summed E-state index contributed by atoms with van der Waals surface area (Å²) in [5, 5.41) is 15.4. The minimum absolute atomic E-state index is 0.124. The normalized spacial score (nSPS) is 12.1. The van der Waals surface area contributed by atoms with E-state index in [9.17, 15) is 4.79 Å². The van der Waals surface area contributed by atoms with Crippen molar-refractivity contribution in [2.24, 2.45) is 5.92 Å². The second-order valence-electron chi connectivity index (χ2n) is 4.77. The van der Waals surface area contributed by atoms with Crippen molar-refractivity contribution < 1.29 is 14.4 Å². The second kappa shape index (κ2) is 6.86. The van der Waals surface area contributed by atoms with Crippen molar-refractivity contribution in [1.29, 1.82) is 0 Å². The van der Waals surface area contributed by atoms with Crippen LogP contribution >= 0.6 is 0 Å². The first-order valence-corrected chi connectivity index (χ1v) is 6.62. The largest absolute Gasteiger partial charge is 0.396 e. The molecule has 106 valence electrons. The number of aromatic nitrogens is 1. The molecule has 1 heterocycles. The van der Waals surface area contributed by atoms with Crippen molar-refractivity contribution >= 4 is 5.91 Å². The van der Waals surface area contributed by atoms with Gasteiger partial charge in [0.2, 0.25) is 0 Å². The van der Waals surface area contributed by atoms with E-state index in [1.807, 2.05) is 37.3 Å². The smallest absolute Gasteiger partial charge is 0.273 e. The van der Waals surface area contributed by atoms with Gasteiger partial charge in [0.05, 0.1) is 0 Å². The summed E-state index contributed by atoms with van der Waals surface area (Å²) < 4.78 is 5.18. The van der Waals surface area contributed by atoms with Crippen LogP contribution in [0.1, 0.15) is 23.8 Å². The Morgan fingerprint density at radius 3 is 2.85 bits per heavy atom. The van der Waals surface area contributed by atoms with Crippen LogP contribution in [0.25, 0.3) is 11.3 Å². The lowest BCUT2D eigenvalue weighted by molar-refractivity contribution is 0.0936. The minimum atomic E-state index is -0.263. The highest BCUT2D eigenvalue weighted by atomic mass is 16.5. The Kier molecular flexibility index (Phi) is 4.90. The zero-order chi connectivity index (χ0) is 14.4. The molecule has 1 aromatic carbocycles. The molecule has 0 aliphatic carbocycles. The summed E-state index contributed by atoms with van der Waals surface area (Å²) in [5.41, 5.74) is 1.15. The van der Waals surface area contributed by atoms with E-state index in [2.05, 4.69) is 10.5 Å². The molecule has 0 aliphatic heterocycles. The number of amides is 1. The summed E-state index contributed by atoms with van der Waals surface area (Å²) in [4.78, 5) is 11.9. The van der Waals surface area contributed by atoms with Crippen molar-refractivity contribution in [3.63, 3.8) is 0 Å². The maximum Gasteiger partial charge on any atom is 0.273 e. The number of hydrogen-bond acceptors (Lipinski definition) is 4. The van der Waals surface area contributed by atoms with Crippen molar-refractivity contribution in [2.75, 3.05) is 13.2 Å². The Hall–Kier alpha value is -2.14. The van der Waals surface area contributed by atoms with Crippen LogP contribution in [0.2, 0.25) is 0 Å². The molecule has 5 nitrogen and oxygen atoms in total. The highest BCUT2D eigenvalue weighted by molar-refractivity contribution is 5.93. The molecule has 2 N–H and O–H groups in total. The van der Waals surface area contributed by atoms with Gasteiger partial charge >= 0.3 is 0 Å². The number of carbonyl (C=O) groups excluding carboxylic acids is 1. The Balaban J connectivity index is 1.97. The molecule has 20 heavy (non-hydrogen) atoms. The minimum Gasteiger partial charge on any atom is -0.396 e. The van der Waals surface area contributed by atoms with Gasteiger partial charge in [-0.3, -0.25) is 4.79 Å². The molecular weight excluding hydrogens is 256 g/mol. The van der Waals surface area contributed by atoms with Crippen LogP contribution in [0.5, 0.6) is 0 Å². The molecule has 5 heteroatoms. The van der Waals surface area contributed by atoms with E-state index < -0.39 is 0 Å². The van der Waals surface area contributed by atoms with E-state index in [0.29, 0.717) is 18.7 Å². The molecule has 2 aromatic rings. The van der Waals surface area contributed by atoms with Crippen LogP contribution in [0.15, 0.2) is 40.9 Å². The van der Waals surface area contributed by atoms with Crippen LogP contribution in [0.4, 0.5) is 0 Å². The zero-order valence-corrected chi connectivity index (χ0v) is 11.4. The van der Waals surface area contributed by atoms with Crippen molar-refractivity contribution in [3.8, 4) is 11.3 Å². The topological polar surface area (TPSA) is 75.4 Å². The number of aliphatic hydroxyl groups is 1. The fraction of sp³-hybridized carbons (Fsp3) is 0.333. The number of carbonyl (C=O) groups is 1. The average Bonchev–Trinajstić information content (AvgIpc) is 2.96. The van der Waals surface area contributed by atoms with E-state index in [4.69, 9.17) is 9.63 Å². The first kappa shape index (κ1) is 14.3. The number of nitrogens with zero attached hydrogens (tertiary/aromatic N) is 1. The van der Waals surface area contributed by atoms with Crippen LogP contribution < -0.4 is 5.32 Å². The lowest BCUT2D eigenvalue weighted by atomic mass is 10.1. The molecule has 0 bridgehead atoms.